The number of hydrogen-bond donors (Lipinski definition) is 2. The van der Waals surface area contributed by atoms with Crippen molar-refractivity contribution in [3.05, 3.63) is 18.0 Å². The van der Waals surface area contributed by atoms with Crippen molar-refractivity contribution in [3.8, 4) is 0 Å². The van der Waals surface area contributed by atoms with E-state index in [1.807, 2.05) is 19.4 Å². The summed E-state index contributed by atoms with van der Waals surface area (Å²) in [5.41, 5.74) is 1.15. The third-order valence-electron chi connectivity index (χ3n) is 2.91. The molecule has 0 unspecified atom stereocenters. The molecule has 0 bridgehead atoms. The van der Waals surface area contributed by atoms with Crippen LogP contribution in [0.25, 0.3) is 0 Å². The van der Waals surface area contributed by atoms with E-state index >= 15 is 0 Å². The van der Waals surface area contributed by atoms with Crippen LogP contribution in [-0.4, -0.2) is 35.3 Å². The number of carbonyl (C=O) groups excluding carboxylic acids is 1. The SMILES string of the molecule is Cn1cc(CCNC(=O)CNCC2CC2)cn1. The van der Waals surface area contributed by atoms with E-state index in [4.69, 9.17) is 0 Å². The summed E-state index contributed by atoms with van der Waals surface area (Å²) in [6.45, 7) is 2.09. The molecule has 1 amide bonds. The van der Waals surface area contributed by atoms with E-state index in [9.17, 15) is 4.79 Å². The predicted molar refractivity (Wildman–Crippen MR) is 65.5 cm³/mol. The largest absolute Gasteiger partial charge is 0.355 e. The molecule has 5 nitrogen and oxygen atoms in total. The summed E-state index contributed by atoms with van der Waals surface area (Å²) in [6, 6.07) is 0. The average Bonchev–Trinajstić information content (AvgIpc) is 3.02. The molecule has 2 N–H and O–H groups in total. The third kappa shape index (κ3) is 4.56. The molecule has 0 radical (unpaired) electrons. The lowest BCUT2D eigenvalue weighted by atomic mass is 10.2. The van der Waals surface area contributed by atoms with Crippen LogP contribution in [0.15, 0.2) is 12.4 Å². The van der Waals surface area contributed by atoms with Crippen LogP contribution in [0.1, 0.15) is 18.4 Å². The Morgan fingerprint density at radius 1 is 1.59 bits per heavy atom. The molecule has 1 fully saturated rings. The highest BCUT2D eigenvalue weighted by molar-refractivity contribution is 5.77. The molecule has 0 saturated heterocycles. The minimum Gasteiger partial charge on any atom is -0.355 e. The molecule has 1 aliphatic rings. The highest BCUT2D eigenvalue weighted by Gasteiger charge is 2.20. The summed E-state index contributed by atoms with van der Waals surface area (Å²) in [4.78, 5) is 11.4. The van der Waals surface area contributed by atoms with Gasteiger partial charge < -0.3 is 10.6 Å². The predicted octanol–water partition coefficient (Wildman–Crippen LogP) is 0.0784. The second-order valence-electron chi connectivity index (χ2n) is 4.70. The van der Waals surface area contributed by atoms with Crippen molar-refractivity contribution in [2.45, 2.75) is 19.3 Å². The Labute approximate surface area is 102 Å². The van der Waals surface area contributed by atoms with E-state index in [1.54, 1.807) is 4.68 Å². The van der Waals surface area contributed by atoms with Gasteiger partial charge in [-0.25, -0.2) is 0 Å². The van der Waals surface area contributed by atoms with Gasteiger partial charge in [0, 0.05) is 19.8 Å². The summed E-state index contributed by atoms with van der Waals surface area (Å²) in [6.07, 6.45) is 7.27. The summed E-state index contributed by atoms with van der Waals surface area (Å²) in [7, 11) is 1.89. The van der Waals surface area contributed by atoms with Crippen molar-refractivity contribution in [2.24, 2.45) is 13.0 Å². The van der Waals surface area contributed by atoms with Crippen LogP contribution in [0, 0.1) is 5.92 Å². The topological polar surface area (TPSA) is 59.0 Å². The molecule has 0 spiro atoms. The Morgan fingerprint density at radius 3 is 3.06 bits per heavy atom. The van der Waals surface area contributed by atoms with Gasteiger partial charge in [0.15, 0.2) is 0 Å². The zero-order valence-electron chi connectivity index (χ0n) is 10.3. The maximum absolute atomic E-state index is 11.4. The summed E-state index contributed by atoms with van der Waals surface area (Å²) < 4.78 is 1.77. The molecule has 0 atom stereocenters. The molecule has 1 aromatic heterocycles. The van der Waals surface area contributed by atoms with Crippen LogP contribution in [0.5, 0.6) is 0 Å². The smallest absolute Gasteiger partial charge is 0.233 e. The first-order valence-corrected chi connectivity index (χ1v) is 6.19. The van der Waals surface area contributed by atoms with Crippen molar-refractivity contribution < 1.29 is 4.79 Å². The Balaban J connectivity index is 1.53. The van der Waals surface area contributed by atoms with Gasteiger partial charge in [-0.15, -0.1) is 0 Å². The fourth-order valence-corrected chi connectivity index (χ4v) is 1.72. The normalized spacial score (nSPS) is 14.9. The minimum atomic E-state index is 0.0783. The van der Waals surface area contributed by atoms with Crippen LogP contribution in [0.2, 0.25) is 0 Å². The molecule has 1 aromatic rings. The van der Waals surface area contributed by atoms with Gasteiger partial charge in [-0.2, -0.15) is 5.10 Å². The number of aryl methyl sites for hydroxylation is 1. The van der Waals surface area contributed by atoms with Gasteiger partial charge in [-0.05, 0) is 37.3 Å². The van der Waals surface area contributed by atoms with Gasteiger partial charge in [-0.1, -0.05) is 0 Å². The van der Waals surface area contributed by atoms with Crippen LogP contribution in [0.4, 0.5) is 0 Å². The van der Waals surface area contributed by atoms with Crippen molar-refractivity contribution in [2.75, 3.05) is 19.6 Å². The Hall–Kier alpha value is -1.36. The lowest BCUT2D eigenvalue weighted by Gasteiger charge is -2.05. The second-order valence-corrected chi connectivity index (χ2v) is 4.70. The first kappa shape index (κ1) is 12.1. The zero-order chi connectivity index (χ0) is 12.1. The lowest BCUT2D eigenvalue weighted by molar-refractivity contribution is -0.120. The third-order valence-corrected chi connectivity index (χ3v) is 2.91. The van der Waals surface area contributed by atoms with Gasteiger partial charge in [0.05, 0.1) is 12.7 Å². The molecule has 0 aromatic carbocycles. The molecule has 1 heterocycles. The number of amides is 1. The molecular formula is C12H20N4O. The van der Waals surface area contributed by atoms with Gasteiger partial charge in [0.1, 0.15) is 0 Å². The summed E-state index contributed by atoms with van der Waals surface area (Å²) in [5, 5.41) is 10.1. The zero-order valence-corrected chi connectivity index (χ0v) is 10.3. The molecular weight excluding hydrogens is 216 g/mol. The van der Waals surface area contributed by atoms with Crippen molar-refractivity contribution in [1.82, 2.24) is 20.4 Å². The van der Waals surface area contributed by atoms with Crippen LogP contribution in [0.3, 0.4) is 0 Å². The van der Waals surface area contributed by atoms with E-state index in [0.717, 1.165) is 24.4 Å². The second kappa shape index (κ2) is 5.82. The Morgan fingerprint density at radius 2 is 2.41 bits per heavy atom. The van der Waals surface area contributed by atoms with Crippen LogP contribution in [-0.2, 0) is 18.3 Å². The average molecular weight is 236 g/mol. The number of nitrogens with zero attached hydrogens (tertiary/aromatic N) is 2. The van der Waals surface area contributed by atoms with Crippen LogP contribution < -0.4 is 10.6 Å². The standard InChI is InChI=1S/C12H20N4O/c1-16-9-11(7-15-16)4-5-14-12(17)8-13-6-10-2-3-10/h7,9-10,13H,2-6,8H2,1H3,(H,14,17). The molecule has 1 aliphatic carbocycles. The molecule has 1 saturated carbocycles. The maximum Gasteiger partial charge on any atom is 0.233 e. The van der Waals surface area contributed by atoms with E-state index in [2.05, 4.69) is 15.7 Å². The molecule has 5 heteroatoms. The first-order valence-electron chi connectivity index (χ1n) is 6.19. The van der Waals surface area contributed by atoms with E-state index in [0.29, 0.717) is 13.1 Å². The lowest BCUT2D eigenvalue weighted by Crippen LogP contribution is -2.35. The maximum atomic E-state index is 11.4. The van der Waals surface area contributed by atoms with Crippen molar-refractivity contribution in [1.29, 1.82) is 0 Å². The number of hydrogen-bond acceptors (Lipinski definition) is 3. The number of carbonyl (C=O) groups is 1. The summed E-state index contributed by atoms with van der Waals surface area (Å²) >= 11 is 0. The molecule has 17 heavy (non-hydrogen) atoms. The molecule has 0 aliphatic heterocycles. The molecule has 2 rings (SSSR count). The highest BCUT2D eigenvalue weighted by Crippen LogP contribution is 2.27. The fourth-order valence-electron chi connectivity index (χ4n) is 1.72. The monoisotopic (exact) mass is 236 g/mol. The Kier molecular flexibility index (Phi) is 4.14. The van der Waals surface area contributed by atoms with E-state index < -0.39 is 0 Å². The number of rotatable bonds is 7. The first-order chi connectivity index (χ1) is 8.24. The van der Waals surface area contributed by atoms with Gasteiger partial charge >= 0.3 is 0 Å². The quantitative estimate of drug-likeness (QED) is 0.705. The highest BCUT2D eigenvalue weighted by atomic mass is 16.1. The van der Waals surface area contributed by atoms with Gasteiger partial charge in [0.2, 0.25) is 5.91 Å². The summed E-state index contributed by atoms with van der Waals surface area (Å²) in [5.74, 6) is 0.896. The van der Waals surface area contributed by atoms with E-state index in [-0.39, 0.29) is 5.91 Å². The minimum absolute atomic E-state index is 0.0783. The number of nitrogens with one attached hydrogen (secondary N) is 2. The fraction of sp³-hybridized carbons (Fsp3) is 0.667. The number of aromatic nitrogens is 2. The van der Waals surface area contributed by atoms with Crippen molar-refractivity contribution in [3.63, 3.8) is 0 Å². The van der Waals surface area contributed by atoms with Crippen molar-refractivity contribution >= 4 is 5.91 Å². The van der Waals surface area contributed by atoms with Crippen LogP contribution >= 0.6 is 0 Å². The van der Waals surface area contributed by atoms with E-state index in [1.165, 1.54) is 12.8 Å². The Bertz CT molecular complexity index is 370. The molecule has 94 valence electrons. The van der Waals surface area contributed by atoms with Gasteiger partial charge in [-0.3, -0.25) is 9.48 Å². The van der Waals surface area contributed by atoms with Gasteiger partial charge in [0.25, 0.3) is 0 Å².